The second kappa shape index (κ2) is 11.1. The number of allylic oxidation sites excluding steroid dienone is 4. The van der Waals surface area contributed by atoms with Crippen LogP contribution in [0.3, 0.4) is 0 Å². The summed E-state index contributed by atoms with van der Waals surface area (Å²) in [5, 5.41) is 31.3. The van der Waals surface area contributed by atoms with Gasteiger partial charge in [0.25, 0.3) is 0 Å². The summed E-state index contributed by atoms with van der Waals surface area (Å²) in [7, 11) is 0. The number of hydrogen-bond donors (Lipinski definition) is 3. The minimum atomic E-state index is -0.625. The Labute approximate surface area is 214 Å². The minimum Gasteiger partial charge on any atom is -0.393 e. The molecule has 0 saturated heterocycles. The van der Waals surface area contributed by atoms with E-state index in [-0.39, 0.29) is 11.5 Å². The van der Waals surface area contributed by atoms with Gasteiger partial charge in [0.05, 0.1) is 18.3 Å². The third-order valence-electron chi connectivity index (χ3n) is 10.3. The molecule has 4 rings (SSSR count). The Morgan fingerprint density at radius 1 is 1.09 bits per heavy atom. The lowest BCUT2D eigenvalue weighted by atomic mass is 9.61. The first-order valence-corrected chi connectivity index (χ1v) is 14.5. The predicted octanol–water partition coefficient (Wildman–Crippen LogP) is 7.04. The third kappa shape index (κ3) is 5.73. The van der Waals surface area contributed by atoms with Crippen molar-refractivity contribution in [1.82, 2.24) is 0 Å². The van der Waals surface area contributed by atoms with Gasteiger partial charge in [-0.05, 0) is 97.5 Å². The Kier molecular flexibility index (Phi) is 8.51. The van der Waals surface area contributed by atoms with Crippen molar-refractivity contribution >= 4 is 0 Å². The molecule has 4 aliphatic carbocycles. The molecule has 0 aromatic rings. The van der Waals surface area contributed by atoms with E-state index in [0.717, 1.165) is 17.6 Å². The summed E-state index contributed by atoms with van der Waals surface area (Å²) in [6.45, 7) is 11.2. The maximum absolute atomic E-state index is 11.0. The molecule has 3 N–H and O–H groups in total. The number of rotatable bonds is 9. The van der Waals surface area contributed by atoms with Crippen LogP contribution in [0.4, 0.5) is 0 Å². The quantitative estimate of drug-likeness (QED) is 0.244. The van der Waals surface area contributed by atoms with Crippen molar-refractivity contribution in [1.29, 1.82) is 0 Å². The van der Waals surface area contributed by atoms with Crippen molar-refractivity contribution < 1.29 is 15.3 Å². The van der Waals surface area contributed by atoms with Crippen LogP contribution in [0.15, 0.2) is 47.6 Å². The molecular weight excluding hydrogens is 432 g/mol. The molecular formula is C32H50O3. The topological polar surface area (TPSA) is 60.7 Å². The standard InChI is InChI=1S/C32H50O3/c1-5-6-7-17-32(18-19-32)30(35)15-10-22(2)27-13-14-28-24(9-8-16-31(27,28)4)11-12-25-20-26(33)21-29(34)23(25)3/h10-12,15,22,26-30,33-35H,3,5-9,13-14,16-21H2,1-2,4H3/b15-10+,24-11+,25-12-/t22-,26-,27-,28+,29+,30-,31-/m1/s1. The van der Waals surface area contributed by atoms with E-state index in [2.05, 4.69) is 51.7 Å². The average Bonchev–Trinajstić information content (AvgIpc) is 3.53. The van der Waals surface area contributed by atoms with Crippen LogP contribution in [0.2, 0.25) is 0 Å². The van der Waals surface area contributed by atoms with Crippen LogP contribution in [0.5, 0.6) is 0 Å². The van der Waals surface area contributed by atoms with Crippen molar-refractivity contribution in [3.05, 3.63) is 47.6 Å². The molecule has 0 aliphatic heterocycles. The summed E-state index contributed by atoms with van der Waals surface area (Å²) < 4.78 is 0. The molecule has 0 aromatic heterocycles. The number of aliphatic hydroxyl groups excluding tert-OH is 3. The maximum atomic E-state index is 11.0. The van der Waals surface area contributed by atoms with Gasteiger partial charge < -0.3 is 15.3 Å². The van der Waals surface area contributed by atoms with Crippen LogP contribution < -0.4 is 0 Å². The van der Waals surface area contributed by atoms with Crippen LogP contribution in [0.1, 0.15) is 104 Å². The lowest BCUT2D eigenvalue weighted by molar-refractivity contribution is 0.0862. The summed E-state index contributed by atoms with van der Waals surface area (Å²) in [6.07, 6.45) is 22.0. The van der Waals surface area contributed by atoms with Gasteiger partial charge >= 0.3 is 0 Å². The van der Waals surface area contributed by atoms with Gasteiger partial charge in [-0.15, -0.1) is 0 Å². The summed E-state index contributed by atoms with van der Waals surface area (Å²) in [4.78, 5) is 0. The molecule has 4 fully saturated rings. The van der Waals surface area contributed by atoms with Crippen LogP contribution in [0, 0.1) is 28.6 Å². The summed E-state index contributed by atoms with van der Waals surface area (Å²) >= 11 is 0. The number of fused-ring (bicyclic) bond motifs is 1. The van der Waals surface area contributed by atoms with Gasteiger partial charge in [0.15, 0.2) is 0 Å². The minimum absolute atomic E-state index is 0.173. The Bertz CT molecular complexity index is 847. The Balaban J connectivity index is 1.42. The summed E-state index contributed by atoms with van der Waals surface area (Å²) in [5.41, 5.74) is 3.80. The molecule has 3 nitrogen and oxygen atoms in total. The first kappa shape index (κ1) is 26.9. The van der Waals surface area contributed by atoms with E-state index in [1.54, 1.807) is 5.57 Å². The third-order valence-corrected chi connectivity index (χ3v) is 10.3. The fourth-order valence-corrected chi connectivity index (χ4v) is 7.81. The van der Waals surface area contributed by atoms with E-state index >= 15 is 0 Å². The molecule has 0 bridgehead atoms. The van der Waals surface area contributed by atoms with Gasteiger partial charge in [0, 0.05) is 6.42 Å². The molecule has 0 radical (unpaired) electrons. The maximum Gasteiger partial charge on any atom is 0.0811 e. The van der Waals surface area contributed by atoms with E-state index in [4.69, 9.17) is 0 Å². The monoisotopic (exact) mass is 482 g/mol. The zero-order valence-electron chi connectivity index (χ0n) is 22.5. The molecule has 196 valence electrons. The molecule has 3 heteroatoms. The van der Waals surface area contributed by atoms with Crippen LogP contribution in [-0.2, 0) is 0 Å². The van der Waals surface area contributed by atoms with Gasteiger partial charge in [0.2, 0.25) is 0 Å². The number of aliphatic hydroxyl groups is 3. The number of unbranched alkanes of at least 4 members (excludes halogenated alkanes) is 2. The fraction of sp³-hybridized carbons (Fsp3) is 0.750. The summed E-state index contributed by atoms with van der Waals surface area (Å²) in [5.74, 6) is 1.73. The zero-order chi connectivity index (χ0) is 25.2. The molecule has 0 heterocycles. The van der Waals surface area contributed by atoms with Crippen LogP contribution in [-0.4, -0.2) is 33.6 Å². The molecule has 4 aliphatic rings. The average molecular weight is 483 g/mol. The molecule has 0 amide bonds. The molecule has 4 saturated carbocycles. The second-order valence-corrected chi connectivity index (χ2v) is 12.7. The van der Waals surface area contributed by atoms with Crippen molar-refractivity contribution in [2.45, 2.75) is 123 Å². The van der Waals surface area contributed by atoms with E-state index in [9.17, 15) is 15.3 Å². The number of hydrogen-bond acceptors (Lipinski definition) is 3. The van der Waals surface area contributed by atoms with E-state index in [1.807, 2.05) is 0 Å². The fourth-order valence-electron chi connectivity index (χ4n) is 7.81. The Morgan fingerprint density at radius 3 is 2.57 bits per heavy atom. The largest absolute Gasteiger partial charge is 0.393 e. The SMILES string of the molecule is C=C1/C(=C\C=C2/CCC[C@]3(C)[C@@H]([C@H](C)/C=C/[C@@H](O)C4(CCCCC)CC4)CC[C@@H]23)C[C@@H](O)C[C@@H]1O. The second-order valence-electron chi connectivity index (χ2n) is 12.7. The smallest absolute Gasteiger partial charge is 0.0811 e. The first-order valence-electron chi connectivity index (χ1n) is 14.5. The van der Waals surface area contributed by atoms with Crippen LogP contribution >= 0.6 is 0 Å². The van der Waals surface area contributed by atoms with Gasteiger partial charge in [-0.1, -0.05) is 76.5 Å². The molecule has 0 aromatic carbocycles. The van der Waals surface area contributed by atoms with Crippen molar-refractivity contribution in [2.75, 3.05) is 0 Å². The highest BCUT2D eigenvalue weighted by Gasteiger charge is 2.51. The zero-order valence-corrected chi connectivity index (χ0v) is 22.5. The van der Waals surface area contributed by atoms with E-state index < -0.39 is 12.2 Å². The summed E-state index contributed by atoms with van der Waals surface area (Å²) in [6, 6.07) is 0. The first-order chi connectivity index (χ1) is 16.7. The van der Waals surface area contributed by atoms with Gasteiger partial charge in [0.1, 0.15) is 0 Å². The highest BCUT2D eigenvalue weighted by molar-refractivity contribution is 5.38. The van der Waals surface area contributed by atoms with E-state index in [0.29, 0.717) is 36.0 Å². The molecule has 35 heavy (non-hydrogen) atoms. The highest BCUT2D eigenvalue weighted by Crippen LogP contribution is 2.60. The molecule has 0 spiro atoms. The van der Waals surface area contributed by atoms with Crippen molar-refractivity contribution in [3.8, 4) is 0 Å². The van der Waals surface area contributed by atoms with Gasteiger partial charge in [-0.2, -0.15) is 0 Å². The lowest BCUT2D eigenvalue weighted by Gasteiger charge is -2.44. The predicted molar refractivity (Wildman–Crippen MR) is 145 cm³/mol. The van der Waals surface area contributed by atoms with E-state index in [1.165, 1.54) is 64.2 Å². The van der Waals surface area contributed by atoms with Crippen LogP contribution in [0.25, 0.3) is 0 Å². The van der Waals surface area contributed by atoms with Crippen molar-refractivity contribution in [2.24, 2.45) is 28.6 Å². The van der Waals surface area contributed by atoms with Gasteiger partial charge in [-0.25, -0.2) is 0 Å². The molecule has 0 unspecified atom stereocenters. The highest BCUT2D eigenvalue weighted by atomic mass is 16.3. The Morgan fingerprint density at radius 2 is 1.86 bits per heavy atom. The normalized spacial score (nSPS) is 38.7. The Hall–Kier alpha value is -1.16. The lowest BCUT2D eigenvalue weighted by Crippen LogP contribution is -2.35. The van der Waals surface area contributed by atoms with Crippen molar-refractivity contribution in [3.63, 3.8) is 0 Å². The van der Waals surface area contributed by atoms with Gasteiger partial charge in [-0.3, -0.25) is 0 Å². The molecule has 7 atom stereocenters.